The summed E-state index contributed by atoms with van der Waals surface area (Å²) < 4.78 is 1.87. The van der Waals surface area contributed by atoms with E-state index in [9.17, 15) is 9.59 Å². The molecule has 0 aliphatic carbocycles. The van der Waals surface area contributed by atoms with Crippen molar-refractivity contribution in [3.05, 3.63) is 21.0 Å². The van der Waals surface area contributed by atoms with E-state index in [0.29, 0.717) is 29.2 Å². The van der Waals surface area contributed by atoms with E-state index in [2.05, 4.69) is 31.7 Å². The van der Waals surface area contributed by atoms with Crippen molar-refractivity contribution in [1.29, 1.82) is 0 Å². The first-order chi connectivity index (χ1) is 9.69. The number of rotatable bonds is 6. The number of halogens is 1. The van der Waals surface area contributed by atoms with Gasteiger partial charge in [0.2, 0.25) is 5.91 Å². The summed E-state index contributed by atoms with van der Waals surface area (Å²) in [5.74, 6) is 0.278. The van der Waals surface area contributed by atoms with Crippen molar-refractivity contribution < 1.29 is 4.79 Å². The molecule has 0 fully saturated rings. The molecule has 0 aliphatic heterocycles. The fourth-order valence-corrected chi connectivity index (χ4v) is 2.25. The number of anilines is 1. The lowest BCUT2D eigenvalue weighted by atomic mass is 9.92. The van der Waals surface area contributed by atoms with Gasteiger partial charge in [-0.2, -0.15) is 5.10 Å². The van der Waals surface area contributed by atoms with Crippen LogP contribution >= 0.6 is 15.9 Å². The van der Waals surface area contributed by atoms with Gasteiger partial charge in [-0.05, 0) is 35.7 Å². The summed E-state index contributed by atoms with van der Waals surface area (Å²) in [5, 5.41) is 9.89. The fourth-order valence-electron chi connectivity index (χ4n) is 1.80. The molecule has 0 radical (unpaired) electrons. The van der Waals surface area contributed by atoms with Gasteiger partial charge in [0.15, 0.2) is 0 Å². The van der Waals surface area contributed by atoms with E-state index in [0.717, 1.165) is 0 Å². The molecule has 0 unspecified atom stereocenters. The molecule has 1 amide bonds. The van der Waals surface area contributed by atoms with Crippen molar-refractivity contribution in [1.82, 2.24) is 15.1 Å². The molecule has 0 aliphatic rings. The quantitative estimate of drug-likeness (QED) is 0.813. The lowest BCUT2D eigenvalue weighted by Crippen LogP contribution is -2.39. The van der Waals surface area contributed by atoms with Crippen LogP contribution in [0.3, 0.4) is 0 Å². The maximum Gasteiger partial charge on any atom is 0.283 e. The molecule has 0 aromatic carbocycles. The average Bonchev–Trinajstić information content (AvgIpc) is 2.41. The predicted molar refractivity (Wildman–Crippen MR) is 87.4 cm³/mol. The monoisotopic (exact) mass is 358 g/mol. The number of nitrogens with zero attached hydrogens (tertiary/aromatic N) is 2. The summed E-state index contributed by atoms with van der Waals surface area (Å²) in [4.78, 5) is 23.9. The summed E-state index contributed by atoms with van der Waals surface area (Å²) in [5.41, 5.74) is -0.163. The lowest BCUT2D eigenvalue weighted by molar-refractivity contribution is -0.128. The maximum atomic E-state index is 12.2. The van der Waals surface area contributed by atoms with Crippen LogP contribution in [-0.4, -0.2) is 29.3 Å². The maximum absolute atomic E-state index is 12.2. The van der Waals surface area contributed by atoms with Gasteiger partial charge in [-0.25, -0.2) is 4.68 Å². The van der Waals surface area contributed by atoms with Gasteiger partial charge in [0.25, 0.3) is 5.56 Å². The highest BCUT2D eigenvalue weighted by Gasteiger charge is 2.26. The van der Waals surface area contributed by atoms with Crippen LogP contribution in [0.25, 0.3) is 0 Å². The van der Waals surface area contributed by atoms with Gasteiger partial charge in [-0.3, -0.25) is 9.59 Å². The van der Waals surface area contributed by atoms with E-state index >= 15 is 0 Å². The van der Waals surface area contributed by atoms with E-state index in [4.69, 9.17) is 0 Å². The zero-order chi connectivity index (χ0) is 16.2. The second-order valence-corrected chi connectivity index (χ2v) is 6.86. The third kappa shape index (κ3) is 4.56. The molecule has 0 atom stereocenters. The van der Waals surface area contributed by atoms with Crippen molar-refractivity contribution in [2.24, 2.45) is 11.3 Å². The molecule has 0 bridgehead atoms. The van der Waals surface area contributed by atoms with Crippen molar-refractivity contribution in [3.8, 4) is 0 Å². The number of amides is 1. The van der Waals surface area contributed by atoms with E-state index < -0.39 is 5.41 Å². The molecule has 1 aromatic rings. The molecule has 118 valence electrons. The Kier molecular flexibility index (Phi) is 5.95. The van der Waals surface area contributed by atoms with Gasteiger partial charge < -0.3 is 10.6 Å². The highest BCUT2D eigenvalue weighted by atomic mass is 79.9. The Morgan fingerprint density at radius 2 is 2.10 bits per heavy atom. The Bertz CT molecular complexity index is 567. The summed E-state index contributed by atoms with van der Waals surface area (Å²) >= 11 is 3.31. The molecule has 7 heteroatoms. The van der Waals surface area contributed by atoms with Gasteiger partial charge in [0.05, 0.1) is 17.3 Å². The first kappa shape index (κ1) is 17.7. The van der Waals surface area contributed by atoms with Crippen molar-refractivity contribution in [2.45, 2.75) is 34.2 Å². The van der Waals surface area contributed by atoms with Gasteiger partial charge >= 0.3 is 0 Å². The van der Waals surface area contributed by atoms with Crippen molar-refractivity contribution in [2.75, 3.05) is 18.9 Å². The Morgan fingerprint density at radius 1 is 1.48 bits per heavy atom. The summed E-state index contributed by atoms with van der Waals surface area (Å²) in [6.45, 7) is 8.70. The van der Waals surface area contributed by atoms with E-state index in [-0.39, 0.29) is 11.5 Å². The number of hydrogen-bond donors (Lipinski definition) is 2. The van der Waals surface area contributed by atoms with Crippen LogP contribution in [0.15, 0.2) is 15.5 Å². The highest BCUT2D eigenvalue weighted by Crippen LogP contribution is 2.20. The number of nitrogens with one attached hydrogen (secondary N) is 2. The summed E-state index contributed by atoms with van der Waals surface area (Å²) in [6, 6.07) is 0. The Hall–Kier alpha value is -1.37. The predicted octanol–water partition coefficient (Wildman–Crippen LogP) is 1.85. The number of aromatic nitrogens is 2. The first-order valence-corrected chi connectivity index (χ1v) is 7.70. The van der Waals surface area contributed by atoms with Crippen molar-refractivity contribution >= 4 is 27.5 Å². The number of carbonyl (C=O) groups excluding carboxylic acids is 1. The van der Waals surface area contributed by atoms with Crippen LogP contribution in [-0.2, 0) is 11.3 Å². The largest absolute Gasteiger partial charge is 0.382 e. The van der Waals surface area contributed by atoms with Gasteiger partial charge in [-0.1, -0.05) is 13.8 Å². The molecule has 1 rings (SSSR count). The fraction of sp³-hybridized carbons (Fsp3) is 0.643. The molecule has 2 N–H and O–H groups in total. The summed E-state index contributed by atoms with van der Waals surface area (Å²) in [6.07, 6.45) is 1.60. The highest BCUT2D eigenvalue weighted by molar-refractivity contribution is 9.10. The van der Waals surface area contributed by atoms with Gasteiger partial charge in [-0.15, -0.1) is 0 Å². The zero-order valence-electron chi connectivity index (χ0n) is 13.2. The van der Waals surface area contributed by atoms with Crippen molar-refractivity contribution in [3.63, 3.8) is 0 Å². The second kappa shape index (κ2) is 7.06. The molecule has 0 spiro atoms. The van der Waals surface area contributed by atoms with Gasteiger partial charge in [0, 0.05) is 20.1 Å². The molecule has 1 aromatic heterocycles. The second-order valence-electron chi connectivity index (χ2n) is 6.07. The average molecular weight is 359 g/mol. The molecular formula is C14H23BrN4O2. The minimum Gasteiger partial charge on any atom is -0.382 e. The molecule has 0 saturated heterocycles. The zero-order valence-corrected chi connectivity index (χ0v) is 14.7. The van der Waals surface area contributed by atoms with E-state index in [1.807, 2.05) is 27.7 Å². The molecular weight excluding hydrogens is 336 g/mol. The SMILES string of the molecule is CNC(=O)C(C)(C)CNc1cnn(CC(C)C)c(=O)c1Br. The number of carbonyl (C=O) groups is 1. The topological polar surface area (TPSA) is 76.0 Å². The summed E-state index contributed by atoms with van der Waals surface area (Å²) in [7, 11) is 1.61. The Balaban J connectivity index is 2.89. The Morgan fingerprint density at radius 3 is 2.62 bits per heavy atom. The normalized spacial score (nSPS) is 11.6. The first-order valence-electron chi connectivity index (χ1n) is 6.90. The minimum absolute atomic E-state index is 0.0627. The molecule has 1 heterocycles. The van der Waals surface area contributed by atoms with Gasteiger partial charge in [0.1, 0.15) is 4.47 Å². The lowest BCUT2D eigenvalue weighted by Gasteiger charge is -2.23. The van der Waals surface area contributed by atoms with Crippen LogP contribution in [0.5, 0.6) is 0 Å². The van der Waals surface area contributed by atoms with Crippen LogP contribution in [0.4, 0.5) is 5.69 Å². The third-order valence-electron chi connectivity index (χ3n) is 3.09. The minimum atomic E-state index is -0.582. The third-order valence-corrected chi connectivity index (χ3v) is 3.85. The van der Waals surface area contributed by atoms with Crippen LogP contribution < -0.4 is 16.2 Å². The molecule has 6 nitrogen and oxygen atoms in total. The smallest absolute Gasteiger partial charge is 0.283 e. The van der Waals surface area contributed by atoms with Crippen LogP contribution in [0.2, 0.25) is 0 Å². The Labute approximate surface area is 133 Å². The van der Waals surface area contributed by atoms with Crippen LogP contribution in [0, 0.1) is 11.3 Å². The molecule has 21 heavy (non-hydrogen) atoms. The van der Waals surface area contributed by atoms with Crippen LogP contribution in [0.1, 0.15) is 27.7 Å². The number of hydrogen-bond acceptors (Lipinski definition) is 4. The standard InChI is InChI=1S/C14H23BrN4O2/c1-9(2)7-19-12(20)11(15)10(6-18-19)17-8-14(3,4)13(21)16-5/h6,9,17H,7-8H2,1-5H3,(H,16,21). The van der Waals surface area contributed by atoms with E-state index in [1.165, 1.54) is 4.68 Å². The van der Waals surface area contributed by atoms with E-state index in [1.54, 1.807) is 13.2 Å². The molecule has 0 saturated carbocycles.